The highest BCUT2D eigenvalue weighted by atomic mass is 32.2. The molecule has 1 aliphatic rings. The summed E-state index contributed by atoms with van der Waals surface area (Å²) in [6.07, 6.45) is 2.39. The second-order valence-electron chi connectivity index (χ2n) is 4.97. The predicted molar refractivity (Wildman–Crippen MR) is 80.8 cm³/mol. The Balaban J connectivity index is 1.69. The normalized spacial score (nSPS) is 21.6. The van der Waals surface area contributed by atoms with E-state index in [4.69, 9.17) is 9.26 Å². The Labute approximate surface area is 127 Å². The third-order valence-electron chi connectivity index (χ3n) is 3.62. The Hall–Kier alpha value is -1.60. The van der Waals surface area contributed by atoms with Gasteiger partial charge in [0.15, 0.2) is 5.82 Å². The molecule has 0 saturated carbocycles. The van der Waals surface area contributed by atoms with Crippen LogP contribution in [-0.2, 0) is 6.42 Å². The van der Waals surface area contributed by atoms with Gasteiger partial charge in [-0.25, -0.2) is 4.98 Å². The fourth-order valence-corrected chi connectivity index (χ4v) is 3.81. The number of methoxy groups -OCH3 is 1. The maximum atomic E-state index is 5.44. The van der Waals surface area contributed by atoms with Crippen LogP contribution in [-0.4, -0.2) is 46.8 Å². The van der Waals surface area contributed by atoms with Crippen LogP contribution < -0.4 is 10.1 Å². The highest BCUT2D eigenvalue weighted by Gasteiger charge is 2.32. The van der Waals surface area contributed by atoms with E-state index in [9.17, 15) is 0 Å². The highest BCUT2D eigenvalue weighted by molar-refractivity contribution is 7.99. The van der Waals surface area contributed by atoms with E-state index < -0.39 is 0 Å². The molecular weight excluding hydrogens is 288 g/mol. The van der Waals surface area contributed by atoms with Crippen LogP contribution in [0.15, 0.2) is 22.9 Å². The SMILES string of the molecule is CNC1CSCC1c1nc(Cc2ccc(OC)nc2)no1. The Morgan fingerprint density at radius 3 is 3.05 bits per heavy atom. The molecule has 0 radical (unpaired) electrons. The van der Waals surface area contributed by atoms with Crippen molar-refractivity contribution < 1.29 is 9.26 Å². The quantitative estimate of drug-likeness (QED) is 0.897. The van der Waals surface area contributed by atoms with Crippen molar-refractivity contribution in [1.29, 1.82) is 0 Å². The summed E-state index contributed by atoms with van der Waals surface area (Å²) in [6.45, 7) is 0. The lowest BCUT2D eigenvalue weighted by atomic mass is 10.0. The molecule has 2 unspecified atom stereocenters. The summed E-state index contributed by atoms with van der Waals surface area (Å²) in [6, 6.07) is 4.20. The average Bonchev–Trinajstić information content (AvgIpc) is 3.16. The monoisotopic (exact) mass is 306 g/mol. The first-order chi connectivity index (χ1) is 10.3. The van der Waals surface area contributed by atoms with Crippen molar-refractivity contribution in [3.05, 3.63) is 35.6 Å². The Morgan fingerprint density at radius 2 is 2.33 bits per heavy atom. The standard InChI is InChI=1S/C14H18N4O2S/c1-15-11-8-21-7-10(11)14-17-12(18-20-14)5-9-3-4-13(19-2)16-6-9/h3-4,6,10-11,15H,5,7-8H2,1-2H3. The molecule has 1 fully saturated rings. The molecule has 0 bridgehead atoms. The molecule has 2 aromatic heterocycles. The molecule has 0 aromatic carbocycles. The lowest BCUT2D eigenvalue weighted by molar-refractivity contribution is 0.341. The van der Waals surface area contributed by atoms with Crippen molar-refractivity contribution in [2.75, 3.05) is 25.7 Å². The second-order valence-corrected chi connectivity index (χ2v) is 6.05. The Kier molecular flexibility index (Phi) is 4.40. The zero-order chi connectivity index (χ0) is 14.7. The molecule has 1 N–H and O–H groups in total. The average molecular weight is 306 g/mol. The number of pyridine rings is 1. The zero-order valence-corrected chi connectivity index (χ0v) is 12.9. The minimum Gasteiger partial charge on any atom is -0.481 e. The number of nitrogens with zero attached hydrogens (tertiary/aromatic N) is 3. The zero-order valence-electron chi connectivity index (χ0n) is 12.1. The summed E-state index contributed by atoms with van der Waals surface area (Å²) >= 11 is 1.91. The molecular formula is C14H18N4O2S. The van der Waals surface area contributed by atoms with Gasteiger partial charge in [0.1, 0.15) is 0 Å². The molecule has 21 heavy (non-hydrogen) atoms. The van der Waals surface area contributed by atoms with Gasteiger partial charge in [-0.15, -0.1) is 0 Å². The highest BCUT2D eigenvalue weighted by Crippen LogP contribution is 2.31. The van der Waals surface area contributed by atoms with Gasteiger partial charge in [0.05, 0.1) is 13.0 Å². The van der Waals surface area contributed by atoms with Crippen molar-refractivity contribution in [2.24, 2.45) is 0 Å². The van der Waals surface area contributed by atoms with E-state index in [0.717, 1.165) is 23.0 Å². The molecule has 0 aliphatic carbocycles. The minimum absolute atomic E-state index is 0.301. The largest absolute Gasteiger partial charge is 0.481 e. The molecule has 2 atom stereocenters. The van der Waals surface area contributed by atoms with E-state index in [0.29, 0.717) is 30.1 Å². The van der Waals surface area contributed by atoms with Crippen LogP contribution in [0, 0.1) is 0 Å². The van der Waals surface area contributed by atoms with Crippen LogP contribution >= 0.6 is 11.8 Å². The van der Waals surface area contributed by atoms with Gasteiger partial charge in [-0.2, -0.15) is 16.7 Å². The van der Waals surface area contributed by atoms with Crippen LogP contribution in [0.5, 0.6) is 5.88 Å². The topological polar surface area (TPSA) is 73.1 Å². The Bertz CT molecular complexity index is 587. The molecule has 3 heterocycles. The van der Waals surface area contributed by atoms with Gasteiger partial charge < -0.3 is 14.6 Å². The number of thioether (sulfide) groups is 1. The predicted octanol–water partition coefficient (Wildman–Crippen LogP) is 1.48. The van der Waals surface area contributed by atoms with E-state index >= 15 is 0 Å². The van der Waals surface area contributed by atoms with Crippen LogP contribution in [0.25, 0.3) is 0 Å². The number of hydrogen-bond acceptors (Lipinski definition) is 7. The van der Waals surface area contributed by atoms with E-state index in [1.165, 1.54) is 0 Å². The van der Waals surface area contributed by atoms with E-state index in [2.05, 4.69) is 20.4 Å². The van der Waals surface area contributed by atoms with Crippen LogP contribution in [0.4, 0.5) is 0 Å². The van der Waals surface area contributed by atoms with Crippen molar-refractivity contribution in [2.45, 2.75) is 18.4 Å². The molecule has 3 rings (SSSR count). The van der Waals surface area contributed by atoms with Gasteiger partial charge in [0.25, 0.3) is 0 Å². The van der Waals surface area contributed by atoms with Gasteiger partial charge in [-0.3, -0.25) is 0 Å². The van der Waals surface area contributed by atoms with Crippen molar-refractivity contribution in [3.63, 3.8) is 0 Å². The fourth-order valence-electron chi connectivity index (χ4n) is 2.39. The lowest BCUT2D eigenvalue weighted by Gasteiger charge is -2.13. The van der Waals surface area contributed by atoms with Gasteiger partial charge in [-0.05, 0) is 12.6 Å². The van der Waals surface area contributed by atoms with Gasteiger partial charge >= 0.3 is 0 Å². The number of ether oxygens (including phenoxy) is 1. The van der Waals surface area contributed by atoms with Crippen LogP contribution in [0.1, 0.15) is 23.2 Å². The number of hydrogen-bond donors (Lipinski definition) is 1. The summed E-state index contributed by atoms with van der Waals surface area (Å²) in [7, 11) is 3.58. The third-order valence-corrected chi connectivity index (χ3v) is 4.81. The smallest absolute Gasteiger partial charge is 0.232 e. The minimum atomic E-state index is 0.301. The molecule has 112 valence electrons. The molecule has 0 amide bonds. The first kappa shape index (κ1) is 14.3. The first-order valence-electron chi connectivity index (χ1n) is 6.86. The summed E-state index contributed by atoms with van der Waals surface area (Å²) in [5.74, 6) is 4.44. The van der Waals surface area contributed by atoms with Gasteiger partial charge in [0, 0.05) is 36.2 Å². The van der Waals surface area contributed by atoms with E-state index in [1.54, 1.807) is 13.3 Å². The van der Waals surface area contributed by atoms with Gasteiger partial charge in [-0.1, -0.05) is 11.2 Å². The first-order valence-corrected chi connectivity index (χ1v) is 8.02. The third kappa shape index (κ3) is 3.19. The summed E-state index contributed by atoms with van der Waals surface area (Å²) in [5, 5.41) is 7.40. The molecule has 1 aliphatic heterocycles. The molecule has 2 aromatic rings. The van der Waals surface area contributed by atoms with Crippen molar-refractivity contribution in [1.82, 2.24) is 20.4 Å². The molecule has 0 spiro atoms. The molecule has 7 heteroatoms. The molecule has 1 saturated heterocycles. The summed E-state index contributed by atoms with van der Waals surface area (Å²) in [4.78, 5) is 8.72. The lowest BCUT2D eigenvalue weighted by Crippen LogP contribution is -2.31. The summed E-state index contributed by atoms with van der Waals surface area (Å²) in [5.41, 5.74) is 1.04. The van der Waals surface area contributed by atoms with Crippen molar-refractivity contribution in [3.8, 4) is 5.88 Å². The van der Waals surface area contributed by atoms with Crippen LogP contribution in [0.3, 0.4) is 0 Å². The fraction of sp³-hybridized carbons (Fsp3) is 0.500. The van der Waals surface area contributed by atoms with E-state index in [-0.39, 0.29) is 0 Å². The second kappa shape index (κ2) is 6.44. The maximum Gasteiger partial charge on any atom is 0.232 e. The maximum absolute atomic E-state index is 5.44. The molecule has 6 nitrogen and oxygen atoms in total. The number of rotatable bonds is 5. The number of likely N-dealkylation sites (N-methyl/N-ethyl adjacent to an activating group) is 1. The van der Waals surface area contributed by atoms with Crippen molar-refractivity contribution >= 4 is 11.8 Å². The Morgan fingerprint density at radius 1 is 1.43 bits per heavy atom. The van der Waals surface area contributed by atoms with Gasteiger partial charge in [0.2, 0.25) is 11.8 Å². The van der Waals surface area contributed by atoms with Crippen LogP contribution in [0.2, 0.25) is 0 Å². The summed E-state index contributed by atoms with van der Waals surface area (Å²) < 4.78 is 10.5. The van der Waals surface area contributed by atoms with E-state index in [1.807, 2.05) is 30.9 Å². The number of nitrogens with one attached hydrogen (secondary N) is 1. The number of aromatic nitrogens is 3.